The third-order valence-electron chi connectivity index (χ3n) is 5.41. The first-order valence-corrected chi connectivity index (χ1v) is 11.5. The first-order valence-electron chi connectivity index (χ1n) is 11.5. The fourth-order valence-electron chi connectivity index (χ4n) is 3.81. The number of carbonyl (C=O) groups excluding carboxylic acids is 1. The number of hydrogen-bond donors (Lipinski definition) is 0. The lowest BCUT2D eigenvalue weighted by Gasteiger charge is -2.09. The highest BCUT2D eigenvalue weighted by Gasteiger charge is 2.19. The number of rotatable bonds is 10. The average molecular weight is 458 g/mol. The molecule has 4 aromatic rings. The molecule has 3 aromatic carbocycles. The van der Waals surface area contributed by atoms with Gasteiger partial charge in [0, 0.05) is 24.1 Å². The van der Waals surface area contributed by atoms with E-state index < -0.39 is 5.97 Å². The molecule has 0 spiro atoms. The molecule has 1 aromatic heterocycles. The molecule has 0 aliphatic rings. The third-order valence-corrected chi connectivity index (χ3v) is 5.41. The topological polar surface area (TPSA) is 70.7 Å². The second kappa shape index (κ2) is 11.2. The molecule has 0 saturated carbocycles. The molecule has 0 unspecified atom stereocenters. The summed E-state index contributed by atoms with van der Waals surface area (Å²) in [5.41, 5.74) is 3.58. The summed E-state index contributed by atoms with van der Waals surface area (Å²) >= 11 is 0. The van der Waals surface area contributed by atoms with Crippen molar-refractivity contribution in [2.45, 2.75) is 39.2 Å². The smallest absolute Gasteiger partial charge is 0.407 e. The molecular formula is C28H27NO5. The fourth-order valence-corrected chi connectivity index (χ4v) is 3.81. The highest BCUT2D eigenvalue weighted by molar-refractivity contribution is 5.77. The number of benzene rings is 3. The highest BCUT2D eigenvalue weighted by Crippen LogP contribution is 2.31. The summed E-state index contributed by atoms with van der Waals surface area (Å²) in [4.78, 5) is 34.3. The second-order valence-corrected chi connectivity index (χ2v) is 7.97. The van der Waals surface area contributed by atoms with Gasteiger partial charge in [-0.25, -0.2) is 9.59 Å². The number of aryl methyl sites for hydroxylation is 1. The zero-order valence-corrected chi connectivity index (χ0v) is 19.1. The Morgan fingerprint density at radius 1 is 0.912 bits per heavy atom. The first-order chi connectivity index (χ1) is 16.7. The van der Waals surface area contributed by atoms with E-state index >= 15 is 0 Å². The standard InChI is InChI=1S/C28H27NO5/c1-2-11-25(30)34-33-24-18-9-12-21(20-24)13-10-19-29-26(22-14-5-3-6-15-22)27(32-28(29)31)23-16-7-4-8-17-23/h3-9,12,14-18,20H,2,10-11,13,19H2,1H3. The van der Waals surface area contributed by atoms with Crippen LogP contribution in [0.15, 0.2) is 94.1 Å². The zero-order valence-electron chi connectivity index (χ0n) is 19.1. The maximum absolute atomic E-state index is 12.8. The van der Waals surface area contributed by atoms with Crippen molar-refractivity contribution >= 4 is 5.97 Å². The Labute approximate surface area is 198 Å². The Kier molecular flexibility index (Phi) is 7.60. The van der Waals surface area contributed by atoms with Crippen LogP contribution in [0.4, 0.5) is 0 Å². The van der Waals surface area contributed by atoms with Gasteiger partial charge in [-0.1, -0.05) is 79.7 Å². The summed E-state index contributed by atoms with van der Waals surface area (Å²) in [6.45, 7) is 2.40. The van der Waals surface area contributed by atoms with E-state index in [1.54, 1.807) is 10.6 Å². The van der Waals surface area contributed by atoms with Crippen molar-refractivity contribution in [1.29, 1.82) is 0 Å². The molecular weight excluding hydrogens is 430 g/mol. The van der Waals surface area contributed by atoms with Crippen molar-refractivity contribution in [2.75, 3.05) is 0 Å². The van der Waals surface area contributed by atoms with E-state index in [0.29, 0.717) is 43.7 Å². The van der Waals surface area contributed by atoms with E-state index in [1.807, 2.05) is 85.8 Å². The van der Waals surface area contributed by atoms with Gasteiger partial charge in [0.25, 0.3) is 0 Å². The molecule has 174 valence electrons. The maximum Gasteiger partial charge on any atom is 0.419 e. The summed E-state index contributed by atoms with van der Waals surface area (Å²) in [5.74, 6) is 0.271. The van der Waals surface area contributed by atoms with Crippen LogP contribution in [-0.2, 0) is 22.6 Å². The molecule has 0 radical (unpaired) electrons. The summed E-state index contributed by atoms with van der Waals surface area (Å²) in [7, 11) is 0. The monoisotopic (exact) mass is 457 g/mol. The molecule has 0 amide bonds. The summed E-state index contributed by atoms with van der Waals surface area (Å²) in [5, 5.41) is 0. The fraction of sp³-hybridized carbons (Fsp3) is 0.214. The van der Waals surface area contributed by atoms with Gasteiger partial charge in [0.15, 0.2) is 11.5 Å². The minimum atomic E-state index is -0.394. The Hall–Kier alpha value is -4.06. The molecule has 0 bridgehead atoms. The van der Waals surface area contributed by atoms with Gasteiger partial charge in [0.1, 0.15) is 0 Å². The molecule has 0 N–H and O–H groups in total. The Morgan fingerprint density at radius 2 is 1.62 bits per heavy atom. The minimum Gasteiger partial charge on any atom is -0.407 e. The number of carbonyl (C=O) groups is 1. The predicted molar refractivity (Wildman–Crippen MR) is 130 cm³/mol. The van der Waals surface area contributed by atoms with Crippen LogP contribution < -0.4 is 10.6 Å². The van der Waals surface area contributed by atoms with Crippen LogP contribution in [0.25, 0.3) is 22.6 Å². The molecule has 1 heterocycles. The maximum atomic E-state index is 12.8. The lowest BCUT2D eigenvalue weighted by molar-refractivity contribution is -0.213. The van der Waals surface area contributed by atoms with E-state index in [4.69, 9.17) is 14.2 Å². The number of aromatic nitrogens is 1. The van der Waals surface area contributed by atoms with Gasteiger partial charge in [0.05, 0.1) is 5.69 Å². The molecule has 34 heavy (non-hydrogen) atoms. The molecule has 0 atom stereocenters. The van der Waals surface area contributed by atoms with Crippen LogP contribution in [0, 0.1) is 0 Å². The van der Waals surface area contributed by atoms with Crippen LogP contribution in [0.3, 0.4) is 0 Å². The molecule has 6 heteroatoms. The molecule has 0 fully saturated rings. The van der Waals surface area contributed by atoms with E-state index in [1.165, 1.54) is 0 Å². The summed E-state index contributed by atoms with van der Waals surface area (Å²) < 4.78 is 7.42. The van der Waals surface area contributed by atoms with Gasteiger partial charge in [-0.15, -0.1) is 0 Å². The number of hydrogen-bond acceptors (Lipinski definition) is 5. The van der Waals surface area contributed by atoms with Crippen molar-refractivity contribution in [3.8, 4) is 28.3 Å². The quantitative estimate of drug-likeness (QED) is 0.214. The molecule has 0 saturated heterocycles. The predicted octanol–water partition coefficient (Wildman–Crippen LogP) is 6.05. The molecule has 0 aliphatic carbocycles. The highest BCUT2D eigenvalue weighted by atomic mass is 17.2. The van der Waals surface area contributed by atoms with E-state index in [0.717, 1.165) is 22.4 Å². The minimum absolute atomic E-state index is 0.313. The van der Waals surface area contributed by atoms with Crippen LogP contribution in [-0.4, -0.2) is 10.5 Å². The van der Waals surface area contributed by atoms with Crippen molar-refractivity contribution in [3.63, 3.8) is 0 Å². The number of oxazole rings is 1. The van der Waals surface area contributed by atoms with Gasteiger partial charge in [-0.2, -0.15) is 0 Å². The van der Waals surface area contributed by atoms with Crippen LogP contribution in [0.1, 0.15) is 31.7 Å². The van der Waals surface area contributed by atoms with Crippen LogP contribution in [0.2, 0.25) is 0 Å². The second-order valence-electron chi connectivity index (χ2n) is 7.97. The average Bonchev–Trinajstić information content (AvgIpc) is 3.20. The van der Waals surface area contributed by atoms with Crippen molar-refractivity contribution in [2.24, 2.45) is 0 Å². The van der Waals surface area contributed by atoms with E-state index in [-0.39, 0.29) is 5.76 Å². The van der Waals surface area contributed by atoms with Gasteiger partial charge in [-0.05, 0) is 37.0 Å². The lowest BCUT2D eigenvalue weighted by Crippen LogP contribution is -2.16. The van der Waals surface area contributed by atoms with Crippen LogP contribution in [0.5, 0.6) is 5.75 Å². The summed E-state index contributed by atoms with van der Waals surface area (Å²) in [6.07, 6.45) is 2.44. The SMILES string of the molecule is CCCC(=O)OOc1cccc(CCCn2c(-c3ccccc3)c(-c3ccccc3)oc2=O)c1. The first kappa shape index (κ1) is 23.1. The Bertz CT molecular complexity index is 1280. The van der Waals surface area contributed by atoms with Crippen molar-refractivity contribution < 1.29 is 19.0 Å². The Morgan fingerprint density at radius 3 is 2.32 bits per heavy atom. The Balaban J connectivity index is 1.51. The van der Waals surface area contributed by atoms with E-state index in [9.17, 15) is 9.59 Å². The molecule has 6 nitrogen and oxygen atoms in total. The van der Waals surface area contributed by atoms with Gasteiger partial charge < -0.3 is 4.42 Å². The van der Waals surface area contributed by atoms with Gasteiger partial charge in [0.2, 0.25) is 0 Å². The van der Waals surface area contributed by atoms with Crippen molar-refractivity contribution in [3.05, 3.63) is 101 Å². The summed E-state index contributed by atoms with van der Waals surface area (Å²) in [6, 6.07) is 26.9. The largest absolute Gasteiger partial charge is 0.419 e. The van der Waals surface area contributed by atoms with Gasteiger partial charge >= 0.3 is 11.7 Å². The van der Waals surface area contributed by atoms with Crippen molar-refractivity contribution in [1.82, 2.24) is 4.57 Å². The van der Waals surface area contributed by atoms with E-state index in [2.05, 4.69) is 0 Å². The third kappa shape index (κ3) is 5.64. The number of nitrogens with zero attached hydrogens (tertiary/aromatic N) is 1. The van der Waals surface area contributed by atoms with Crippen LogP contribution >= 0.6 is 0 Å². The molecule has 4 rings (SSSR count). The molecule has 0 aliphatic heterocycles. The zero-order chi connectivity index (χ0) is 23.8. The normalized spacial score (nSPS) is 10.7. The van der Waals surface area contributed by atoms with Gasteiger partial charge in [-0.3, -0.25) is 14.3 Å². The lowest BCUT2D eigenvalue weighted by atomic mass is 10.1.